The summed E-state index contributed by atoms with van der Waals surface area (Å²) >= 11 is 0. The fourth-order valence-electron chi connectivity index (χ4n) is 1.81. The standard InChI is InChI=1S/C13H18F3N/c1-3-10(9-17-2)8-11-4-6-12(7-5-11)13(14,15)16/h4-7,10,17H,3,8-9H2,1-2H3. The van der Waals surface area contributed by atoms with Gasteiger partial charge in [-0.1, -0.05) is 25.5 Å². The molecule has 1 aromatic rings. The third-order valence-electron chi connectivity index (χ3n) is 2.88. The Labute approximate surface area is 100 Å². The van der Waals surface area contributed by atoms with E-state index in [1.165, 1.54) is 0 Å². The lowest BCUT2D eigenvalue weighted by molar-refractivity contribution is -0.137. The fourth-order valence-corrected chi connectivity index (χ4v) is 1.81. The summed E-state index contributed by atoms with van der Waals surface area (Å²) in [4.78, 5) is 0. The number of hydrogen-bond acceptors (Lipinski definition) is 1. The van der Waals surface area contributed by atoms with Crippen LogP contribution in [0.3, 0.4) is 0 Å². The van der Waals surface area contributed by atoms with Crippen molar-refractivity contribution < 1.29 is 13.2 Å². The van der Waals surface area contributed by atoms with Crippen molar-refractivity contribution in [2.24, 2.45) is 5.92 Å². The lowest BCUT2D eigenvalue weighted by Crippen LogP contribution is -2.20. The van der Waals surface area contributed by atoms with Crippen LogP contribution in [0.2, 0.25) is 0 Å². The Morgan fingerprint density at radius 3 is 2.18 bits per heavy atom. The molecule has 1 aromatic carbocycles. The fraction of sp³-hybridized carbons (Fsp3) is 0.538. The van der Waals surface area contributed by atoms with Crippen LogP contribution in [-0.2, 0) is 12.6 Å². The van der Waals surface area contributed by atoms with Gasteiger partial charge < -0.3 is 5.32 Å². The first-order valence-corrected chi connectivity index (χ1v) is 5.78. The van der Waals surface area contributed by atoms with Crippen LogP contribution in [-0.4, -0.2) is 13.6 Å². The molecule has 1 rings (SSSR count). The maximum Gasteiger partial charge on any atom is 0.416 e. The molecule has 17 heavy (non-hydrogen) atoms. The number of halogens is 3. The van der Waals surface area contributed by atoms with E-state index in [0.717, 1.165) is 37.1 Å². The molecule has 1 N–H and O–H groups in total. The third kappa shape index (κ3) is 4.38. The zero-order valence-corrected chi connectivity index (χ0v) is 10.1. The van der Waals surface area contributed by atoms with Crippen molar-refractivity contribution in [2.45, 2.75) is 25.9 Å². The molecule has 0 amide bonds. The zero-order chi connectivity index (χ0) is 12.9. The molecule has 0 bridgehead atoms. The number of hydrogen-bond donors (Lipinski definition) is 1. The molecule has 0 aliphatic heterocycles. The molecule has 1 nitrogen and oxygen atoms in total. The Morgan fingerprint density at radius 1 is 1.18 bits per heavy atom. The highest BCUT2D eigenvalue weighted by Gasteiger charge is 2.29. The van der Waals surface area contributed by atoms with Crippen molar-refractivity contribution in [3.8, 4) is 0 Å². The van der Waals surface area contributed by atoms with Crippen LogP contribution in [0.25, 0.3) is 0 Å². The monoisotopic (exact) mass is 245 g/mol. The van der Waals surface area contributed by atoms with Crippen LogP contribution in [0.15, 0.2) is 24.3 Å². The van der Waals surface area contributed by atoms with E-state index in [2.05, 4.69) is 12.2 Å². The van der Waals surface area contributed by atoms with Crippen LogP contribution in [0, 0.1) is 5.92 Å². The Bertz CT molecular complexity index is 330. The molecule has 0 aliphatic carbocycles. The molecule has 0 saturated heterocycles. The van der Waals surface area contributed by atoms with Crippen LogP contribution in [0.1, 0.15) is 24.5 Å². The summed E-state index contributed by atoms with van der Waals surface area (Å²) in [5.41, 5.74) is 0.378. The van der Waals surface area contributed by atoms with E-state index in [9.17, 15) is 13.2 Å². The largest absolute Gasteiger partial charge is 0.416 e. The van der Waals surface area contributed by atoms with Gasteiger partial charge in [-0.3, -0.25) is 0 Å². The Morgan fingerprint density at radius 2 is 1.76 bits per heavy atom. The maximum atomic E-state index is 12.4. The van der Waals surface area contributed by atoms with Gasteiger partial charge in [0.05, 0.1) is 5.56 Å². The summed E-state index contributed by atoms with van der Waals surface area (Å²) in [5.74, 6) is 0.469. The van der Waals surface area contributed by atoms with Crippen molar-refractivity contribution in [1.29, 1.82) is 0 Å². The van der Waals surface area contributed by atoms with Crippen molar-refractivity contribution in [3.63, 3.8) is 0 Å². The molecule has 0 spiro atoms. The van der Waals surface area contributed by atoms with Gasteiger partial charge in [0.25, 0.3) is 0 Å². The molecule has 1 unspecified atom stereocenters. The minimum absolute atomic E-state index is 0.469. The molecule has 0 saturated carbocycles. The molecule has 0 aromatic heterocycles. The second kappa shape index (κ2) is 6.05. The lowest BCUT2D eigenvalue weighted by atomic mass is 9.96. The quantitative estimate of drug-likeness (QED) is 0.837. The first-order valence-electron chi connectivity index (χ1n) is 5.78. The summed E-state index contributed by atoms with van der Waals surface area (Å²) in [6.45, 7) is 2.98. The van der Waals surface area contributed by atoms with Gasteiger partial charge in [-0.2, -0.15) is 13.2 Å². The molecule has 96 valence electrons. The Balaban J connectivity index is 2.68. The summed E-state index contributed by atoms with van der Waals surface area (Å²) in [6, 6.07) is 5.45. The highest BCUT2D eigenvalue weighted by Crippen LogP contribution is 2.29. The van der Waals surface area contributed by atoms with Crippen LogP contribution in [0.5, 0.6) is 0 Å². The summed E-state index contributed by atoms with van der Waals surface area (Å²) in [5, 5.41) is 3.09. The van der Waals surface area contributed by atoms with E-state index >= 15 is 0 Å². The first-order chi connectivity index (χ1) is 7.97. The Kier molecular flexibility index (Phi) is 5.00. The van der Waals surface area contributed by atoms with Crippen LogP contribution >= 0.6 is 0 Å². The van der Waals surface area contributed by atoms with E-state index in [1.807, 2.05) is 7.05 Å². The lowest BCUT2D eigenvalue weighted by Gasteiger charge is -2.14. The predicted molar refractivity (Wildman–Crippen MR) is 62.9 cm³/mol. The van der Waals surface area contributed by atoms with E-state index in [-0.39, 0.29) is 0 Å². The number of rotatable bonds is 5. The highest BCUT2D eigenvalue weighted by atomic mass is 19.4. The highest BCUT2D eigenvalue weighted by molar-refractivity contribution is 5.24. The Hall–Kier alpha value is -1.03. The second-order valence-corrected chi connectivity index (χ2v) is 4.23. The van der Waals surface area contributed by atoms with Crippen molar-refractivity contribution in [3.05, 3.63) is 35.4 Å². The predicted octanol–water partition coefficient (Wildman–Crippen LogP) is 3.49. The van der Waals surface area contributed by atoms with Crippen LogP contribution in [0.4, 0.5) is 13.2 Å². The molecule has 0 aliphatic rings. The SMILES string of the molecule is CCC(CNC)Cc1ccc(C(F)(F)F)cc1. The summed E-state index contributed by atoms with van der Waals surface area (Å²) in [6.07, 6.45) is -2.41. The van der Waals surface area contributed by atoms with Gasteiger partial charge in [-0.25, -0.2) is 0 Å². The van der Waals surface area contributed by atoms with Gasteiger partial charge in [0.2, 0.25) is 0 Å². The molecule has 1 atom stereocenters. The summed E-state index contributed by atoms with van der Waals surface area (Å²) in [7, 11) is 1.88. The zero-order valence-electron chi connectivity index (χ0n) is 10.1. The van der Waals surface area contributed by atoms with E-state index in [1.54, 1.807) is 12.1 Å². The van der Waals surface area contributed by atoms with Crippen LogP contribution < -0.4 is 5.32 Å². The molecule has 0 fully saturated rings. The minimum Gasteiger partial charge on any atom is -0.319 e. The third-order valence-corrected chi connectivity index (χ3v) is 2.88. The smallest absolute Gasteiger partial charge is 0.319 e. The normalized spacial score (nSPS) is 13.7. The number of nitrogens with one attached hydrogen (secondary N) is 1. The van der Waals surface area contributed by atoms with Crippen molar-refractivity contribution >= 4 is 0 Å². The van der Waals surface area contributed by atoms with Gasteiger partial charge in [0, 0.05) is 0 Å². The van der Waals surface area contributed by atoms with Gasteiger partial charge in [-0.05, 0) is 43.6 Å². The van der Waals surface area contributed by atoms with Crippen molar-refractivity contribution in [2.75, 3.05) is 13.6 Å². The molecule has 0 heterocycles. The molecule has 0 radical (unpaired) electrons. The average molecular weight is 245 g/mol. The molecule has 4 heteroatoms. The first kappa shape index (κ1) is 14.0. The maximum absolute atomic E-state index is 12.4. The van der Waals surface area contributed by atoms with Gasteiger partial charge in [0.15, 0.2) is 0 Å². The molecular weight excluding hydrogens is 227 g/mol. The van der Waals surface area contributed by atoms with Gasteiger partial charge in [-0.15, -0.1) is 0 Å². The molecular formula is C13H18F3N. The van der Waals surface area contributed by atoms with Gasteiger partial charge >= 0.3 is 6.18 Å². The summed E-state index contributed by atoms with van der Waals surface area (Å²) < 4.78 is 37.1. The minimum atomic E-state index is -4.24. The van der Waals surface area contributed by atoms with E-state index in [4.69, 9.17) is 0 Å². The number of benzene rings is 1. The second-order valence-electron chi connectivity index (χ2n) is 4.23. The van der Waals surface area contributed by atoms with Gasteiger partial charge in [0.1, 0.15) is 0 Å². The topological polar surface area (TPSA) is 12.0 Å². The van der Waals surface area contributed by atoms with E-state index in [0.29, 0.717) is 5.92 Å². The van der Waals surface area contributed by atoms with E-state index < -0.39 is 11.7 Å². The number of alkyl halides is 3. The average Bonchev–Trinajstić information content (AvgIpc) is 2.28. The van der Waals surface area contributed by atoms with Crippen molar-refractivity contribution in [1.82, 2.24) is 5.32 Å².